The van der Waals surface area contributed by atoms with E-state index in [-0.39, 0.29) is 36.0 Å². The Morgan fingerprint density at radius 1 is 1.02 bits per heavy atom. The fraction of sp³-hybridized carbons (Fsp3) is 0.429. The van der Waals surface area contributed by atoms with Crippen LogP contribution in [0, 0.1) is 11.3 Å². The summed E-state index contributed by atoms with van der Waals surface area (Å²) >= 11 is 0. The maximum atomic E-state index is 13.3. The summed E-state index contributed by atoms with van der Waals surface area (Å²) in [5.41, 5.74) is 5.52. The number of carbonyl (C=O) groups is 2. The Kier molecular flexibility index (Phi) is 10.9. The molecule has 2 aliphatic heterocycles. The number of hydrogen-bond donors (Lipinski definition) is 4. The Morgan fingerprint density at radius 2 is 1.76 bits per heavy atom. The van der Waals surface area contributed by atoms with Crippen LogP contribution in [0.5, 0.6) is 0 Å². The van der Waals surface area contributed by atoms with Gasteiger partial charge in [0.15, 0.2) is 11.7 Å². The number of rotatable bonds is 12. The first-order chi connectivity index (χ1) is 24.1. The largest absolute Gasteiger partial charge is 0.368 e. The first kappa shape index (κ1) is 35.1. The number of carbonyl (C=O) groups excluding carboxylic acids is 2. The standard InChI is InChI=1S/C35H46N10O4Si/c1-50(2,3)20-19-49-24-45-30-10-7-27(21-29(30)32(40-45)33(36)41-48)39-35(47)26-11-14-42(22-26)23-31(46)44-17-15-43(16-18-44)28-8-5-25(6-9-28)34-37-12-4-13-38-34/h4-10,12-13,21,26,48H,11,14-20,22-24H2,1-3H3,(H2,36,41)(H,39,47)/t26-/m1/s1. The highest BCUT2D eigenvalue weighted by Crippen LogP contribution is 2.26. The van der Waals surface area contributed by atoms with Gasteiger partial charge in [-0.3, -0.25) is 30.6 Å². The molecule has 2 saturated heterocycles. The molecule has 2 aromatic carbocycles. The van der Waals surface area contributed by atoms with Crippen LogP contribution in [-0.2, 0) is 21.1 Å². The van der Waals surface area contributed by atoms with Crippen molar-refractivity contribution in [3.63, 3.8) is 0 Å². The molecular formula is C35H46N10O4Si. The molecule has 0 unspecified atom stereocenters. The van der Waals surface area contributed by atoms with Crippen molar-refractivity contribution >= 4 is 48.0 Å². The average Bonchev–Trinajstić information content (AvgIpc) is 3.74. The third-order valence-electron chi connectivity index (χ3n) is 9.27. The minimum atomic E-state index is -1.24. The highest BCUT2D eigenvalue weighted by Gasteiger charge is 2.31. The van der Waals surface area contributed by atoms with Crippen molar-refractivity contribution < 1.29 is 19.5 Å². The molecule has 0 saturated carbocycles. The lowest BCUT2D eigenvalue weighted by atomic mass is 10.1. The van der Waals surface area contributed by atoms with Crippen LogP contribution in [0.25, 0.3) is 22.3 Å². The summed E-state index contributed by atoms with van der Waals surface area (Å²) in [7, 11) is -1.24. The Balaban J connectivity index is 0.988. The van der Waals surface area contributed by atoms with E-state index in [1.165, 1.54) is 0 Å². The van der Waals surface area contributed by atoms with Gasteiger partial charge in [-0.05, 0) is 67.5 Å². The van der Waals surface area contributed by atoms with Crippen molar-refractivity contribution in [1.82, 2.24) is 35.0 Å². The third kappa shape index (κ3) is 8.53. The van der Waals surface area contributed by atoms with Crippen LogP contribution < -0.4 is 15.7 Å². The molecule has 15 heteroatoms. The van der Waals surface area contributed by atoms with Gasteiger partial charge in [0.25, 0.3) is 0 Å². The van der Waals surface area contributed by atoms with Gasteiger partial charge in [-0.1, -0.05) is 19.6 Å². The van der Waals surface area contributed by atoms with Crippen LogP contribution in [-0.4, -0.2) is 113 Å². The molecule has 4 heterocycles. The minimum absolute atomic E-state index is 0.0849. The number of amides is 2. The molecule has 6 rings (SSSR count). The number of hydrogen-bond acceptors (Lipinski definition) is 10. The molecule has 50 heavy (non-hydrogen) atoms. The lowest BCUT2D eigenvalue weighted by Crippen LogP contribution is -2.51. The predicted octanol–water partition coefficient (Wildman–Crippen LogP) is 3.72. The molecule has 0 aliphatic carbocycles. The number of ether oxygens (including phenoxy) is 1. The summed E-state index contributed by atoms with van der Waals surface area (Å²) in [6, 6.07) is 16.4. The summed E-state index contributed by atoms with van der Waals surface area (Å²) in [5.74, 6) is 0.172. The first-order valence-electron chi connectivity index (χ1n) is 17.1. The number of fused-ring (bicyclic) bond motifs is 1. The average molecular weight is 699 g/mol. The molecule has 2 fully saturated rings. The van der Waals surface area contributed by atoms with Crippen LogP contribution in [0.15, 0.2) is 60.9 Å². The molecule has 2 aliphatic rings. The van der Waals surface area contributed by atoms with E-state index in [0.29, 0.717) is 62.6 Å². The number of nitrogens with zero attached hydrogens (tertiary/aromatic N) is 7. The van der Waals surface area contributed by atoms with Gasteiger partial charge in [-0.25, -0.2) is 14.6 Å². The van der Waals surface area contributed by atoms with Gasteiger partial charge in [0.05, 0.1) is 18.0 Å². The summed E-state index contributed by atoms with van der Waals surface area (Å²) in [4.78, 5) is 41.4. The molecule has 4 aromatic rings. The number of benzene rings is 2. The molecule has 2 amide bonds. The maximum Gasteiger partial charge on any atom is 0.236 e. The van der Waals surface area contributed by atoms with Gasteiger partial charge < -0.3 is 19.9 Å². The second-order valence-electron chi connectivity index (χ2n) is 14.1. The zero-order valence-corrected chi connectivity index (χ0v) is 29.9. The summed E-state index contributed by atoms with van der Waals surface area (Å²) in [6.45, 7) is 12.0. The zero-order valence-electron chi connectivity index (χ0n) is 28.9. The number of likely N-dealkylation sites (tertiary alicyclic amines) is 1. The number of anilines is 2. The minimum Gasteiger partial charge on any atom is -0.368 e. The highest BCUT2D eigenvalue weighted by molar-refractivity contribution is 6.76. The topological polar surface area (TPSA) is 165 Å². The number of aromatic nitrogens is 4. The summed E-state index contributed by atoms with van der Waals surface area (Å²) in [6.07, 6.45) is 4.13. The smallest absolute Gasteiger partial charge is 0.236 e. The lowest BCUT2D eigenvalue weighted by Gasteiger charge is -2.36. The van der Waals surface area contributed by atoms with Crippen LogP contribution in [0.4, 0.5) is 11.4 Å². The molecule has 0 bridgehead atoms. The van der Waals surface area contributed by atoms with E-state index in [2.05, 4.69) is 62.0 Å². The SMILES string of the molecule is C[Si](C)(C)CCOCn1nc(C(=N)NO)c2cc(NC(=O)[C@@H]3CCN(CC(=O)N4CCN(c5ccc(-c6ncccn6)cc5)CC4)C3)ccc21. The maximum absolute atomic E-state index is 13.3. The van der Waals surface area contributed by atoms with E-state index in [0.717, 1.165) is 35.9 Å². The Hall–Kier alpha value is -4.70. The van der Waals surface area contributed by atoms with Crippen LogP contribution in [0.2, 0.25) is 25.7 Å². The van der Waals surface area contributed by atoms with Crippen molar-refractivity contribution in [2.24, 2.45) is 5.92 Å². The monoisotopic (exact) mass is 698 g/mol. The predicted molar refractivity (Wildman–Crippen MR) is 195 cm³/mol. The van der Waals surface area contributed by atoms with Gasteiger partial charge in [-0.2, -0.15) is 5.10 Å². The van der Waals surface area contributed by atoms with Crippen LogP contribution in [0.1, 0.15) is 12.1 Å². The molecule has 14 nitrogen and oxygen atoms in total. The van der Waals surface area contributed by atoms with Gasteiger partial charge in [0.2, 0.25) is 11.8 Å². The molecule has 264 valence electrons. The quantitative estimate of drug-likeness (QED) is 0.0564. The zero-order chi connectivity index (χ0) is 35.3. The number of amidine groups is 1. The molecule has 2 aromatic heterocycles. The second-order valence-corrected chi connectivity index (χ2v) is 19.7. The van der Waals surface area contributed by atoms with Crippen molar-refractivity contribution in [1.29, 1.82) is 5.41 Å². The van der Waals surface area contributed by atoms with E-state index in [9.17, 15) is 14.8 Å². The van der Waals surface area contributed by atoms with E-state index in [4.69, 9.17) is 10.1 Å². The van der Waals surface area contributed by atoms with Crippen LogP contribution >= 0.6 is 0 Å². The van der Waals surface area contributed by atoms with Crippen molar-refractivity contribution in [2.45, 2.75) is 38.8 Å². The van der Waals surface area contributed by atoms with Gasteiger partial charge in [0.1, 0.15) is 12.4 Å². The molecule has 1 atom stereocenters. The number of nitrogens with one attached hydrogen (secondary N) is 3. The highest BCUT2D eigenvalue weighted by atomic mass is 28.3. The molecule has 0 spiro atoms. The van der Waals surface area contributed by atoms with E-state index in [1.54, 1.807) is 29.2 Å². The van der Waals surface area contributed by atoms with Crippen molar-refractivity contribution in [3.8, 4) is 11.4 Å². The third-order valence-corrected chi connectivity index (χ3v) is 11.0. The number of hydroxylamine groups is 1. The fourth-order valence-corrected chi connectivity index (χ4v) is 7.09. The fourth-order valence-electron chi connectivity index (χ4n) is 6.33. The summed E-state index contributed by atoms with van der Waals surface area (Å²) < 4.78 is 7.55. The van der Waals surface area contributed by atoms with E-state index >= 15 is 0 Å². The second kappa shape index (κ2) is 15.5. The van der Waals surface area contributed by atoms with E-state index in [1.807, 2.05) is 34.6 Å². The lowest BCUT2D eigenvalue weighted by molar-refractivity contribution is -0.132. The van der Waals surface area contributed by atoms with Gasteiger partial charge in [-0.15, -0.1) is 0 Å². The van der Waals surface area contributed by atoms with Crippen molar-refractivity contribution in [3.05, 3.63) is 66.6 Å². The van der Waals surface area contributed by atoms with Crippen molar-refractivity contribution in [2.75, 3.05) is 62.6 Å². The van der Waals surface area contributed by atoms with E-state index < -0.39 is 8.07 Å². The first-order valence-corrected chi connectivity index (χ1v) is 20.8. The Bertz CT molecular complexity index is 1800. The summed E-state index contributed by atoms with van der Waals surface area (Å²) in [5, 5.41) is 25.7. The normalized spacial score (nSPS) is 16.9. The molecular weight excluding hydrogens is 653 g/mol. The molecule has 4 N–H and O–H groups in total. The molecule has 0 radical (unpaired) electrons. The van der Waals surface area contributed by atoms with Crippen LogP contribution in [0.3, 0.4) is 0 Å². The van der Waals surface area contributed by atoms with Gasteiger partial charge in [0, 0.05) is 82.1 Å². The Morgan fingerprint density at radius 3 is 2.46 bits per heavy atom. The number of piperazine rings is 1. The Labute approximate surface area is 292 Å². The van der Waals surface area contributed by atoms with Gasteiger partial charge >= 0.3 is 0 Å².